The van der Waals surface area contributed by atoms with E-state index in [-0.39, 0.29) is 6.04 Å². The Morgan fingerprint density at radius 1 is 1.47 bits per heavy atom. The van der Waals surface area contributed by atoms with Crippen molar-refractivity contribution in [3.05, 3.63) is 17.8 Å². The van der Waals surface area contributed by atoms with Crippen molar-refractivity contribution in [2.45, 2.75) is 32.2 Å². The first kappa shape index (κ1) is 14.2. The zero-order valence-electron chi connectivity index (χ0n) is 11.8. The summed E-state index contributed by atoms with van der Waals surface area (Å²) in [6, 6.07) is 4.08. The molecule has 2 unspecified atom stereocenters. The second kappa shape index (κ2) is 7.40. The normalized spacial score (nSPS) is 21.1. The van der Waals surface area contributed by atoms with Gasteiger partial charge in [-0.25, -0.2) is 0 Å². The van der Waals surface area contributed by atoms with Crippen LogP contribution in [-0.2, 0) is 4.74 Å². The first-order valence-corrected chi connectivity index (χ1v) is 7.04. The van der Waals surface area contributed by atoms with Crippen molar-refractivity contribution >= 4 is 0 Å². The molecule has 1 aliphatic heterocycles. The van der Waals surface area contributed by atoms with Crippen LogP contribution in [0.3, 0.4) is 0 Å². The van der Waals surface area contributed by atoms with E-state index < -0.39 is 0 Å². The fourth-order valence-electron chi connectivity index (χ4n) is 2.45. The summed E-state index contributed by atoms with van der Waals surface area (Å²) in [6.45, 7) is 4.83. The molecule has 5 nitrogen and oxygen atoms in total. The van der Waals surface area contributed by atoms with Crippen molar-refractivity contribution in [2.75, 3.05) is 26.9 Å². The molecule has 1 fully saturated rings. The highest BCUT2D eigenvalue weighted by Gasteiger charge is 2.26. The molecule has 2 atom stereocenters. The molecule has 1 saturated heterocycles. The van der Waals surface area contributed by atoms with Gasteiger partial charge in [0.1, 0.15) is 0 Å². The third-order valence-corrected chi connectivity index (χ3v) is 3.47. The molecule has 5 heteroatoms. The van der Waals surface area contributed by atoms with E-state index in [4.69, 9.17) is 9.47 Å². The molecule has 1 aliphatic rings. The molecule has 0 aromatic carbocycles. The van der Waals surface area contributed by atoms with Gasteiger partial charge in [0.2, 0.25) is 5.88 Å². The van der Waals surface area contributed by atoms with Gasteiger partial charge in [-0.3, -0.25) is 0 Å². The van der Waals surface area contributed by atoms with Crippen LogP contribution < -0.4 is 10.1 Å². The highest BCUT2D eigenvalue weighted by Crippen LogP contribution is 2.28. The summed E-state index contributed by atoms with van der Waals surface area (Å²) in [5.74, 6) is 1.03. The number of rotatable bonds is 6. The summed E-state index contributed by atoms with van der Waals surface area (Å²) in [5.41, 5.74) is 0.977. The lowest BCUT2D eigenvalue weighted by Gasteiger charge is -2.30. The van der Waals surface area contributed by atoms with Crippen LogP contribution in [0.4, 0.5) is 0 Å². The summed E-state index contributed by atoms with van der Waals surface area (Å²) in [4.78, 5) is 0. The molecular weight excluding hydrogens is 242 g/mol. The molecular formula is C14H23N3O2. The Labute approximate surface area is 114 Å². The number of hydrogen-bond donors (Lipinski definition) is 1. The molecule has 2 heterocycles. The first-order valence-electron chi connectivity index (χ1n) is 7.04. The fraction of sp³-hybridized carbons (Fsp3) is 0.714. The molecule has 0 bridgehead atoms. The van der Waals surface area contributed by atoms with Crippen LogP contribution in [-0.4, -0.2) is 37.1 Å². The molecule has 106 valence electrons. The molecule has 1 N–H and O–H groups in total. The van der Waals surface area contributed by atoms with Crippen LogP contribution in [0.1, 0.15) is 37.9 Å². The SMILES string of the molecule is CCCNC(c1ccc(OC)nn1)C1CCCOC1. The maximum Gasteiger partial charge on any atom is 0.233 e. The summed E-state index contributed by atoms with van der Waals surface area (Å²) in [7, 11) is 1.60. The van der Waals surface area contributed by atoms with E-state index in [2.05, 4.69) is 22.4 Å². The Kier molecular flexibility index (Phi) is 5.54. The lowest BCUT2D eigenvalue weighted by Crippen LogP contribution is -2.34. The van der Waals surface area contributed by atoms with Crippen LogP contribution in [0.15, 0.2) is 12.1 Å². The Balaban J connectivity index is 2.10. The molecule has 0 saturated carbocycles. The number of ether oxygens (including phenoxy) is 2. The van der Waals surface area contributed by atoms with Gasteiger partial charge >= 0.3 is 0 Å². The van der Waals surface area contributed by atoms with Crippen molar-refractivity contribution < 1.29 is 9.47 Å². The van der Waals surface area contributed by atoms with E-state index in [1.54, 1.807) is 7.11 Å². The van der Waals surface area contributed by atoms with Crippen LogP contribution in [0, 0.1) is 5.92 Å². The minimum Gasteiger partial charge on any atom is -0.480 e. The van der Waals surface area contributed by atoms with Gasteiger partial charge in [-0.1, -0.05) is 6.92 Å². The predicted molar refractivity (Wildman–Crippen MR) is 73.2 cm³/mol. The van der Waals surface area contributed by atoms with E-state index in [1.807, 2.05) is 12.1 Å². The fourth-order valence-corrected chi connectivity index (χ4v) is 2.45. The number of aromatic nitrogens is 2. The molecule has 0 radical (unpaired) electrons. The number of methoxy groups -OCH3 is 1. The van der Waals surface area contributed by atoms with Crippen LogP contribution in [0.25, 0.3) is 0 Å². The number of nitrogens with one attached hydrogen (secondary N) is 1. The number of nitrogens with zero attached hydrogens (tertiary/aromatic N) is 2. The summed E-state index contributed by atoms with van der Waals surface area (Å²) in [6.07, 6.45) is 3.40. The van der Waals surface area contributed by atoms with Gasteiger partial charge in [-0.2, -0.15) is 5.10 Å². The van der Waals surface area contributed by atoms with Gasteiger partial charge in [0.15, 0.2) is 0 Å². The summed E-state index contributed by atoms with van der Waals surface area (Å²) >= 11 is 0. The van der Waals surface area contributed by atoms with Crippen molar-refractivity contribution in [1.29, 1.82) is 0 Å². The quantitative estimate of drug-likeness (QED) is 0.852. The minimum atomic E-state index is 0.221. The van der Waals surface area contributed by atoms with Gasteiger partial charge in [0.25, 0.3) is 0 Å². The predicted octanol–water partition coefficient (Wildman–Crippen LogP) is 1.95. The second-order valence-corrected chi connectivity index (χ2v) is 4.91. The molecule has 2 rings (SSSR count). The lowest BCUT2D eigenvalue weighted by molar-refractivity contribution is 0.0382. The Morgan fingerprint density at radius 2 is 2.37 bits per heavy atom. The van der Waals surface area contributed by atoms with Crippen molar-refractivity contribution in [3.63, 3.8) is 0 Å². The van der Waals surface area contributed by atoms with Crippen LogP contribution in [0.2, 0.25) is 0 Å². The van der Waals surface area contributed by atoms with Crippen molar-refractivity contribution in [3.8, 4) is 5.88 Å². The van der Waals surface area contributed by atoms with E-state index in [9.17, 15) is 0 Å². The second-order valence-electron chi connectivity index (χ2n) is 4.91. The third-order valence-electron chi connectivity index (χ3n) is 3.47. The molecule has 19 heavy (non-hydrogen) atoms. The Morgan fingerprint density at radius 3 is 2.95 bits per heavy atom. The average molecular weight is 265 g/mol. The maximum atomic E-state index is 5.60. The standard InChI is InChI=1S/C14H23N3O2/c1-3-8-15-14(11-5-4-9-19-10-11)12-6-7-13(18-2)17-16-12/h6-7,11,14-15H,3-5,8-10H2,1-2H3. The summed E-state index contributed by atoms with van der Waals surface area (Å²) < 4.78 is 10.7. The lowest BCUT2D eigenvalue weighted by atomic mass is 9.91. The smallest absolute Gasteiger partial charge is 0.233 e. The molecule has 0 amide bonds. The molecule has 0 spiro atoms. The summed E-state index contributed by atoms with van der Waals surface area (Å²) in [5, 5.41) is 11.9. The van der Waals surface area contributed by atoms with E-state index in [0.717, 1.165) is 38.3 Å². The van der Waals surface area contributed by atoms with E-state index >= 15 is 0 Å². The monoisotopic (exact) mass is 265 g/mol. The Hall–Kier alpha value is -1.20. The van der Waals surface area contributed by atoms with Gasteiger partial charge in [-0.15, -0.1) is 5.10 Å². The highest BCUT2D eigenvalue weighted by atomic mass is 16.5. The first-order chi connectivity index (χ1) is 9.35. The van der Waals surface area contributed by atoms with Gasteiger partial charge < -0.3 is 14.8 Å². The number of hydrogen-bond acceptors (Lipinski definition) is 5. The largest absolute Gasteiger partial charge is 0.480 e. The zero-order valence-corrected chi connectivity index (χ0v) is 11.8. The van der Waals surface area contributed by atoms with Crippen LogP contribution >= 0.6 is 0 Å². The molecule has 1 aromatic rings. The van der Waals surface area contributed by atoms with Gasteiger partial charge in [0, 0.05) is 18.6 Å². The highest BCUT2D eigenvalue weighted by molar-refractivity contribution is 5.15. The Bertz CT molecular complexity index is 363. The topological polar surface area (TPSA) is 56.3 Å². The van der Waals surface area contributed by atoms with Crippen LogP contribution in [0.5, 0.6) is 5.88 Å². The zero-order chi connectivity index (χ0) is 13.5. The minimum absolute atomic E-state index is 0.221. The van der Waals surface area contributed by atoms with E-state index in [1.165, 1.54) is 6.42 Å². The third kappa shape index (κ3) is 3.88. The van der Waals surface area contributed by atoms with Crippen molar-refractivity contribution in [1.82, 2.24) is 15.5 Å². The molecule has 0 aliphatic carbocycles. The van der Waals surface area contributed by atoms with Gasteiger partial charge in [-0.05, 0) is 31.9 Å². The van der Waals surface area contributed by atoms with E-state index in [0.29, 0.717) is 11.8 Å². The maximum absolute atomic E-state index is 5.60. The average Bonchev–Trinajstić information content (AvgIpc) is 2.49. The molecule has 1 aromatic heterocycles. The van der Waals surface area contributed by atoms with Gasteiger partial charge in [0.05, 0.1) is 25.5 Å². The van der Waals surface area contributed by atoms with Crippen molar-refractivity contribution in [2.24, 2.45) is 5.92 Å².